The first-order chi connectivity index (χ1) is 13.2. The third-order valence-electron chi connectivity index (χ3n) is 3.85. The van der Waals surface area contributed by atoms with Gasteiger partial charge in [0.1, 0.15) is 0 Å². The first-order valence-electron chi connectivity index (χ1n) is 8.73. The van der Waals surface area contributed by atoms with Crippen LogP contribution in [-0.4, -0.2) is 30.0 Å². The summed E-state index contributed by atoms with van der Waals surface area (Å²) in [7, 11) is 0. The molecule has 0 fully saturated rings. The number of ether oxygens (including phenoxy) is 1. The van der Waals surface area contributed by atoms with Gasteiger partial charge in [0.25, 0.3) is 5.91 Å². The molecule has 0 unspecified atom stereocenters. The van der Waals surface area contributed by atoms with Crippen LogP contribution in [-0.2, 0) is 9.53 Å². The molecule has 2 aromatic carbocycles. The predicted molar refractivity (Wildman–Crippen MR) is 101 cm³/mol. The highest BCUT2D eigenvalue weighted by atomic mass is 16.5. The largest absolute Gasteiger partial charge is 0.452 e. The molecule has 0 saturated carbocycles. The van der Waals surface area contributed by atoms with Crippen LogP contribution in [0.25, 0.3) is 22.8 Å². The van der Waals surface area contributed by atoms with E-state index in [4.69, 9.17) is 9.15 Å². The van der Waals surface area contributed by atoms with Gasteiger partial charge < -0.3 is 14.5 Å². The van der Waals surface area contributed by atoms with Crippen LogP contribution >= 0.6 is 0 Å². The van der Waals surface area contributed by atoms with Crippen LogP contribution in [0.4, 0.5) is 0 Å². The second kappa shape index (κ2) is 8.80. The fourth-order valence-corrected chi connectivity index (χ4v) is 2.51. The molecule has 0 atom stereocenters. The molecule has 0 aliphatic rings. The van der Waals surface area contributed by atoms with Gasteiger partial charge in [-0.2, -0.15) is 0 Å². The summed E-state index contributed by atoms with van der Waals surface area (Å²) >= 11 is 0. The Bertz CT molecular complexity index is 919. The van der Waals surface area contributed by atoms with E-state index in [1.54, 1.807) is 30.5 Å². The molecule has 3 rings (SSSR count). The summed E-state index contributed by atoms with van der Waals surface area (Å²) in [5.74, 6) is -0.00794. The summed E-state index contributed by atoms with van der Waals surface area (Å²) in [6.45, 7) is 2.17. The normalized spacial score (nSPS) is 10.4. The monoisotopic (exact) mass is 364 g/mol. The van der Waals surface area contributed by atoms with Crippen molar-refractivity contribution in [2.75, 3.05) is 13.2 Å². The van der Waals surface area contributed by atoms with E-state index < -0.39 is 5.97 Å². The van der Waals surface area contributed by atoms with E-state index in [-0.39, 0.29) is 12.5 Å². The molecular formula is C21H20N2O4. The summed E-state index contributed by atoms with van der Waals surface area (Å²) in [4.78, 5) is 28.3. The third-order valence-corrected chi connectivity index (χ3v) is 3.85. The molecule has 0 aliphatic carbocycles. The average Bonchev–Trinajstić information content (AvgIpc) is 3.21. The Hall–Kier alpha value is -3.41. The fourth-order valence-electron chi connectivity index (χ4n) is 2.51. The lowest BCUT2D eigenvalue weighted by molar-refractivity contribution is -0.124. The van der Waals surface area contributed by atoms with E-state index in [0.717, 1.165) is 12.0 Å². The number of hydrogen-bond donors (Lipinski definition) is 1. The number of oxazole rings is 1. The van der Waals surface area contributed by atoms with Crippen LogP contribution in [0.3, 0.4) is 0 Å². The van der Waals surface area contributed by atoms with Crippen molar-refractivity contribution in [2.24, 2.45) is 0 Å². The van der Waals surface area contributed by atoms with Gasteiger partial charge in [-0.3, -0.25) is 4.79 Å². The number of hydrogen-bond acceptors (Lipinski definition) is 5. The quantitative estimate of drug-likeness (QED) is 0.647. The Morgan fingerprint density at radius 2 is 1.81 bits per heavy atom. The lowest BCUT2D eigenvalue weighted by Gasteiger charge is -2.08. The van der Waals surface area contributed by atoms with Gasteiger partial charge in [-0.25, -0.2) is 9.78 Å². The van der Waals surface area contributed by atoms with E-state index in [2.05, 4.69) is 10.3 Å². The topological polar surface area (TPSA) is 81.4 Å². The smallest absolute Gasteiger partial charge is 0.339 e. The van der Waals surface area contributed by atoms with Crippen molar-refractivity contribution in [3.63, 3.8) is 0 Å². The zero-order chi connectivity index (χ0) is 19.1. The molecule has 0 radical (unpaired) electrons. The van der Waals surface area contributed by atoms with Gasteiger partial charge in [-0.1, -0.05) is 49.4 Å². The molecule has 0 saturated heterocycles. The van der Waals surface area contributed by atoms with Crippen LogP contribution in [0.1, 0.15) is 23.7 Å². The number of nitrogens with zero attached hydrogens (tertiary/aromatic N) is 1. The van der Waals surface area contributed by atoms with Gasteiger partial charge in [0.05, 0.1) is 17.3 Å². The first kappa shape index (κ1) is 18.4. The number of esters is 1. The number of carbonyl (C=O) groups is 2. The minimum absolute atomic E-state index is 0.294. The molecule has 1 amide bonds. The molecule has 138 valence electrons. The molecule has 1 heterocycles. The predicted octanol–water partition coefficient (Wildman–Crippen LogP) is 3.69. The van der Waals surface area contributed by atoms with Crippen molar-refractivity contribution < 1.29 is 18.7 Å². The van der Waals surface area contributed by atoms with Gasteiger partial charge in [0.2, 0.25) is 5.89 Å². The van der Waals surface area contributed by atoms with Gasteiger partial charge >= 0.3 is 5.97 Å². The first-order valence-corrected chi connectivity index (χ1v) is 8.73. The minimum Gasteiger partial charge on any atom is -0.452 e. The maximum absolute atomic E-state index is 12.4. The highest BCUT2D eigenvalue weighted by molar-refractivity contribution is 5.97. The van der Waals surface area contributed by atoms with E-state index in [9.17, 15) is 9.59 Å². The number of nitrogens with one attached hydrogen (secondary N) is 1. The van der Waals surface area contributed by atoms with Crippen LogP contribution < -0.4 is 5.32 Å². The summed E-state index contributed by atoms with van der Waals surface area (Å²) in [5, 5.41) is 2.66. The molecule has 1 N–H and O–H groups in total. The Labute approximate surface area is 157 Å². The molecule has 3 aromatic rings. The number of carbonyl (C=O) groups excluding carboxylic acids is 2. The molecule has 0 bridgehead atoms. The maximum Gasteiger partial charge on any atom is 0.339 e. The van der Waals surface area contributed by atoms with Crippen molar-refractivity contribution in [1.82, 2.24) is 10.3 Å². The number of benzene rings is 2. The maximum atomic E-state index is 12.4. The highest BCUT2D eigenvalue weighted by Crippen LogP contribution is 2.28. The molecule has 0 aliphatic heterocycles. The molecule has 0 spiro atoms. The van der Waals surface area contributed by atoms with Crippen molar-refractivity contribution in [3.05, 3.63) is 66.4 Å². The van der Waals surface area contributed by atoms with Gasteiger partial charge in [0.15, 0.2) is 12.4 Å². The molecule has 6 heteroatoms. The second-order valence-electron chi connectivity index (χ2n) is 5.87. The molecule has 1 aromatic heterocycles. The van der Waals surface area contributed by atoms with Gasteiger partial charge in [-0.05, 0) is 18.6 Å². The Morgan fingerprint density at radius 1 is 1.07 bits per heavy atom. The third kappa shape index (κ3) is 4.61. The van der Waals surface area contributed by atoms with E-state index in [1.807, 2.05) is 37.3 Å². The van der Waals surface area contributed by atoms with E-state index in [0.29, 0.717) is 29.3 Å². The standard InChI is InChI=1S/C21H20N2O4/c1-2-12-22-19(24)14-26-21(25)17-11-7-6-10-16(17)20-23-13-18(27-20)15-8-4-3-5-9-15/h3-11,13H,2,12,14H2,1H3,(H,22,24). The van der Waals surface area contributed by atoms with Gasteiger partial charge in [0, 0.05) is 12.1 Å². The lowest BCUT2D eigenvalue weighted by atomic mass is 10.1. The van der Waals surface area contributed by atoms with Crippen molar-refractivity contribution >= 4 is 11.9 Å². The molecule has 6 nitrogen and oxygen atoms in total. The molecular weight excluding hydrogens is 344 g/mol. The van der Waals surface area contributed by atoms with Crippen molar-refractivity contribution in [3.8, 4) is 22.8 Å². The van der Waals surface area contributed by atoms with E-state index in [1.165, 1.54) is 0 Å². The zero-order valence-corrected chi connectivity index (χ0v) is 15.0. The average molecular weight is 364 g/mol. The summed E-state index contributed by atoms with van der Waals surface area (Å²) in [6.07, 6.45) is 2.43. The highest BCUT2D eigenvalue weighted by Gasteiger charge is 2.18. The van der Waals surface area contributed by atoms with Crippen LogP contribution in [0, 0.1) is 0 Å². The Balaban J connectivity index is 1.77. The van der Waals surface area contributed by atoms with Gasteiger partial charge in [-0.15, -0.1) is 0 Å². The molecule has 27 heavy (non-hydrogen) atoms. The van der Waals surface area contributed by atoms with Crippen molar-refractivity contribution in [1.29, 1.82) is 0 Å². The summed E-state index contributed by atoms with van der Waals surface area (Å²) in [6, 6.07) is 16.4. The van der Waals surface area contributed by atoms with Crippen molar-refractivity contribution in [2.45, 2.75) is 13.3 Å². The lowest BCUT2D eigenvalue weighted by Crippen LogP contribution is -2.29. The van der Waals surface area contributed by atoms with Crippen LogP contribution in [0.2, 0.25) is 0 Å². The summed E-state index contributed by atoms with van der Waals surface area (Å²) < 4.78 is 10.9. The zero-order valence-electron chi connectivity index (χ0n) is 15.0. The SMILES string of the molecule is CCCNC(=O)COC(=O)c1ccccc1-c1ncc(-c2ccccc2)o1. The van der Waals surface area contributed by atoms with E-state index >= 15 is 0 Å². The summed E-state index contributed by atoms with van der Waals surface area (Å²) in [5.41, 5.74) is 1.70. The minimum atomic E-state index is -0.600. The number of aromatic nitrogens is 1. The number of rotatable bonds is 7. The van der Waals surface area contributed by atoms with Crippen LogP contribution in [0.15, 0.2) is 65.2 Å². The Kier molecular flexibility index (Phi) is 5.99. The number of amides is 1. The second-order valence-corrected chi connectivity index (χ2v) is 5.87. The fraction of sp³-hybridized carbons (Fsp3) is 0.190. The Morgan fingerprint density at radius 3 is 2.59 bits per heavy atom. The van der Waals surface area contributed by atoms with Crippen LogP contribution in [0.5, 0.6) is 0 Å².